The average molecular weight is 245 g/mol. The van der Waals surface area contributed by atoms with Crippen LogP contribution in [0.2, 0.25) is 0 Å². The van der Waals surface area contributed by atoms with Crippen LogP contribution in [0.4, 0.5) is 5.82 Å². The molecule has 2 heterocycles. The zero-order valence-corrected chi connectivity index (χ0v) is 10.2. The molecule has 86 valence electrons. The van der Waals surface area contributed by atoms with Crippen LogP contribution in [0.3, 0.4) is 0 Å². The third kappa shape index (κ3) is 2.77. The Morgan fingerprint density at radius 3 is 3.00 bits per heavy atom. The maximum atomic E-state index is 8.87. The predicted octanol–water partition coefficient (Wildman–Crippen LogP) is 1.98. The predicted molar refractivity (Wildman–Crippen MR) is 65.6 cm³/mol. The first-order chi connectivity index (χ1) is 8.33. The van der Waals surface area contributed by atoms with Crippen LogP contribution < -0.4 is 5.32 Å². The van der Waals surface area contributed by atoms with E-state index in [4.69, 9.17) is 5.26 Å². The number of thiazole rings is 1. The molecule has 2 rings (SSSR count). The Morgan fingerprint density at radius 1 is 1.41 bits per heavy atom. The SMILES string of the molecule is CCc1cnc(CNc2ncncc2C#N)s1. The van der Waals surface area contributed by atoms with Gasteiger partial charge in [-0.2, -0.15) is 5.26 Å². The fraction of sp³-hybridized carbons (Fsp3) is 0.273. The number of rotatable bonds is 4. The number of nitrogens with one attached hydrogen (secondary N) is 1. The van der Waals surface area contributed by atoms with Crippen molar-refractivity contribution < 1.29 is 0 Å². The minimum atomic E-state index is 0.444. The van der Waals surface area contributed by atoms with E-state index in [1.807, 2.05) is 12.3 Å². The zero-order chi connectivity index (χ0) is 12.1. The van der Waals surface area contributed by atoms with Gasteiger partial charge in [0.05, 0.1) is 12.7 Å². The summed E-state index contributed by atoms with van der Waals surface area (Å²) < 4.78 is 0. The van der Waals surface area contributed by atoms with Crippen LogP contribution in [0, 0.1) is 11.3 Å². The smallest absolute Gasteiger partial charge is 0.147 e. The highest BCUT2D eigenvalue weighted by Crippen LogP contribution is 2.15. The number of nitrogens with zero attached hydrogens (tertiary/aromatic N) is 4. The lowest BCUT2D eigenvalue weighted by atomic mass is 10.3. The van der Waals surface area contributed by atoms with Gasteiger partial charge in [-0.15, -0.1) is 11.3 Å². The maximum Gasteiger partial charge on any atom is 0.147 e. The maximum absolute atomic E-state index is 8.87. The zero-order valence-electron chi connectivity index (χ0n) is 9.34. The molecule has 0 amide bonds. The van der Waals surface area contributed by atoms with Crippen LogP contribution in [0.5, 0.6) is 0 Å². The standard InChI is InChI=1S/C11H11N5S/c1-2-9-5-14-10(17-9)6-15-11-8(3-12)4-13-7-16-11/h4-5,7H,2,6H2,1H3,(H,13,15,16). The van der Waals surface area contributed by atoms with Gasteiger partial charge in [-0.1, -0.05) is 6.92 Å². The van der Waals surface area contributed by atoms with Crippen molar-refractivity contribution in [3.8, 4) is 6.07 Å². The van der Waals surface area contributed by atoms with Crippen LogP contribution in [0.15, 0.2) is 18.7 Å². The van der Waals surface area contributed by atoms with Gasteiger partial charge in [0.1, 0.15) is 28.8 Å². The van der Waals surface area contributed by atoms with E-state index in [0.717, 1.165) is 11.4 Å². The Balaban J connectivity index is 2.05. The molecule has 2 aromatic heterocycles. The van der Waals surface area contributed by atoms with E-state index >= 15 is 0 Å². The molecule has 0 radical (unpaired) electrons. The molecule has 17 heavy (non-hydrogen) atoms. The summed E-state index contributed by atoms with van der Waals surface area (Å²) in [6.07, 6.45) is 5.79. The van der Waals surface area contributed by atoms with Crippen molar-refractivity contribution in [3.63, 3.8) is 0 Å². The van der Waals surface area contributed by atoms with Gasteiger partial charge in [0.25, 0.3) is 0 Å². The van der Waals surface area contributed by atoms with Crippen molar-refractivity contribution in [1.82, 2.24) is 15.0 Å². The second kappa shape index (κ2) is 5.37. The third-order valence-corrected chi connectivity index (χ3v) is 3.33. The molecule has 0 aromatic carbocycles. The lowest BCUT2D eigenvalue weighted by Gasteiger charge is -2.03. The molecule has 0 atom stereocenters. The van der Waals surface area contributed by atoms with Gasteiger partial charge in [-0.3, -0.25) is 0 Å². The molecule has 0 saturated heterocycles. The first-order valence-corrected chi connectivity index (χ1v) is 6.02. The normalized spacial score (nSPS) is 9.88. The van der Waals surface area contributed by atoms with Crippen LogP contribution in [0.1, 0.15) is 22.4 Å². The van der Waals surface area contributed by atoms with Gasteiger partial charge >= 0.3 is 0 Å². The molecule has 0 unspecified atom stereocenters. The number of aryl methyl sites for hydroxylation is 1. The van der Waals surface area contributed by atoms with E-state index < -0.39 is 0 Å². The molecule has 0 bridgehead atoms. The molecule has 0 spiro atoms. The van der Waals surface area contributed by atoms with E-state index in [0.29, 0.717) is 17.9 Å². The molecular formula is C11H11N5S. The second-order valence-corrected chi connectivity index (χ2v) is 4.52. The molecule has 1 N–H and O–H groups in total. The molecule has 0 fully saturated rings. The number of aromatic nitrogens is 3. The lowest BCUT2D eigenvalue weighted by molar-refractivity contribution is 1.05. The number of hydrogen-bond acceptors (Lipinski definition) is 6. The van der Waals surface area contributed by atoms with Crippen molar-refractivity contribution in [2.45, 2.75) is 19.9 Å². The van der Waals surface area contributed by atoms with Crippen molar-refractivity contribution in [1.29, 1.82) is 5.26 Å². The van der Waals surface area contributed by atoms with Crippen molar-refractivity contribution >= 4 is 17.2 Å². The molecule has 0 aliphatic rings. The Kier molecular flexibility index (Phi) is 3.62. The van der Waals surface area contributed by atoms with E-state index in [-0.39, 0.29) is 0 Å². The largest absolute Gasteiger partial charge is 0.362 e. The molecule has 0 aliphatic carbocycles. The molecule has 0 saturated carbocycles. The first-order valence-electron chi connectivity index (χ1n) is 5.21. The first kappa shape index (κ1) is 11.5. The van der Waals surface area contributed by atoms with Gasteiger partial charge in [0.15, 0.2) is 0 Å². The number of hydrogen-bond donors (Lipinski definition) is 1. The summed E-state index contributed by atoms with van der Waals surface area (Å²) in [6.45, 7) is 2.68. The number of anilines is 1. The summed E-state index contributed by atoms with van der Waals surface area (Å²) in [6, 6.07) is 2.04. The highest BCUT2D eigenvalue weighted by Gasteiger charge is 2.04. The summed E-state index contributed by atoms with van der Waals surface area (Å²) in [5.41, 5.74) is 0.444. The van der Waals surface area contributed by atoms with Crippen molar-refractivity contribution in [3.05, 3.63) is 34.2 Å². The van der Waals surface area contributed by atoms with Gasteiger partial charge in [-0.25, -0.2) is 15.0 Å². The van der Waals surface area contributed by atoms with E-state index in [1.54, 1.807) is 11.3 Å². The summed E-state index contributed by atoms with van der Waals surface area (Å²) in [4.78, 5) is 13.4. The highest BCUT2D eigenvalue weighted by atomic mass is 32.1. The van der Waals surface area contributed by atoms with E-state index in [9.17, 15) is 0 Å². The summed E-state index contributed by atoms with van der Waals surface area (Å²) in [5, 5.41) is 13.0. The van der Waals surface area contributed by atoms with Crippen molar-refractivity contribution in [2.75, 3.05) is 5.32 Å². The molecule has 6 heteroatoms. The Labute approximate surface area is 103 Å². The minimum absolute atomic E-state index is 0.444. The fourth-order valence-electron chi connectivity index (χ4n) is 1.30. The van der Waals surface area contributed by atoms with E-state index in [1.165, 1.54) is 17.4 Å². The monoisotopic (exact) mass is 245 g/mol. The highest BCUT2D eigenvalue weighted by molar-refractivity contribution is 7.11. The third-order valence-electron chi connectivity index (χ3n) is 2.19. The lowest BCUT2D eigenvalue weighted by Crippen LogP contribution is -2.03. The van der Waals surface area contributed by atoms with Gasteiger partial charge < -0.3 is 5.32 Å². The summed E-state index contributed by atoms with van der Waals surface area (Å²) in [5.74, 6) is 0.552. The second-order valence-electron chi connectivity index (χ2n) is 3.32. The minimum Gasteiger partial charge on any atom is -0.362 e. The quantitative estimate of drug-likeness (QED) is 0.891. The summed E-state index contributed by atoms with van der Waals surface area (Å²) >= 11 is 1.67. The summed E-state index contributed by atoms with van der Waals surface area (Å²) in [7, 11) is 0. The number of nitriles is 1. The van der Waals surface area contributed by atoms with Gasteiger partial charge in [0, 0.05) is 11.1 Å². The Morgan fingerprint density at radius 2 is 2.29 bits per heavy atom. The van der Waals surface area contributed by atoms with Crippen molar-refractivity contribution in [2.24, 2.45) is 0 Å². The molecule has 2 aromatic rings. The molecular weight excluding hydrogens is 234 g/mol. The Bertz CT molecular complexity index is 543. The Hall–Kier alpha value is -2.00. The molecule has 5 nitrogen and oxygen atoms in total. The molecule has 0 aliphatic heterocycles. The van der Waals surface area contributed by atoms with E-state index in [2.05, 4.69) is 27.2 Å². The van der Waals surface area contributed by atoms with Crippen LogP contribution >= 0.6 is 11.3 Å². The fourth-order valence-corrected chi connectivity index (χ4v) is 2.11. The average Bonchev–Trinajstić information content (AvgIpc) is 2.84. The van der Waals surface area contributed by atoms with Gasteiger partial charge in [0.2, 0.25) is 0 Å². The van der Waals surface area contributed by atoms with Gasteiger partial charge in [-0.05, 0) is 6.42 Å². The van der Waals surface area contributed by atoms with Crippen LogP contribution in [-0.4, -0.2) is 15.0 Å². The van der Waals surface area contributed by atoms with Crippen LogP contribution in [0.25, 0.3) is 0 Å². The topological polar surface area (TPSA) is 74.5 Å². The van der Waals surface area contributed by atoms with Crippen LogP contribution in [-0.2, 0) is 13.0 Å².